The van der Waals surface area contributed by atoms with Gasteiger partial charge in [0.15, 0.2) is 6.10 Å². The number of hydrogen-bond acceptors (Lipinski definition) is 6. The molecule has 0 aliphatic heterocycles. The van der Waals surface area contributed by atoms with Gasteiger partial charge in [-0.1, -0.05) is 268 Å². The van der Waals surface area contributed by atoms with Crippen LogP contribution in [0.5, 0.6) is 0 Å². The highest BCUT2D eigenvalue weighted by atomic mass is 16.6. The Hall–Kier alpha value is -2.89. The molecule has 0 heterocycles. The molecule has 0 fully saturated rings. The predicted octanol–water partition coefficient (Wildman–Crippen LogP) is 19.2. The van der Waals surface area contributed by atoms with Crippen molar-refractivity contribution in [1.82, 2.24) is 0 Å². The third kappa shape index (κ3) is 53.9. The topological polar surface area (TPSA) is 78.9 Å². The summed E-state index contributed by atoms with van der Waals surface area (Å²) in [5, 5.41) is 0. The maximum Gasteiger partial charge on any atom is 0.306 e. The minimum Gasteiger partial charge on any atom is -0.462 e. The fourth-order valence-electron chi connectivity index (χ4n) is 8.24. The highest BCUT2D eigenvalue weighted by molar-refractivity contribution is 5.71. The van der Waals surface area contributed by atoms with Crippen LogP contribution < -0.4 is 0 Å². The van der Waals surface area contributed by atoms with E-state index in [1.54, 1.807) is 0 Å². The van der Waals surface area contributed by atoms with Gasteiger partial charge in [0, 0.05) is 19.3 Å². The molecule has 0 bridgehead atoms. The van der Waals surface area contributed by atoms with Crippen LogP contribution in [-0.2, 0) is 28.6 Å². The van der Waals surface area contributed by atoms with Crippen LogP contribution in [0.25, 0.3) is 0 Å². The second-order valence-corrected chi connectivity index (χ2v) is 19.2. The van der Waals surface area contributed by atoms with Crippen LogP contribution in [0.15, 0.2) is 60.8 Å². The Balaban J connectivity index is 3.82. The molecule has 0 saturated carbocycles. The molecule has 0 saturated heterocycles. The lowest BCUT2D eigenvalue weighted by atomic mass is 10.0. The minimum absolute atomic E-state index is 0.0688. The third-order valence-corrected chi connectivity index (χ3v) is 12.5. The quantitative estimate of drug-likeness (QED) is 0.0262. The van der Waals surface area contributed by atoms with E-state index in [0.717, 1.165) is 89.9 Å². The zero-order chi connectivity index (χ0) is 48.6. The van der Waals surface area contributed by atoms with Crippen molar-refractivity contribution < 1.29 is 28.6 Å². The first-order valence-corrected chi connectivity index (χ1v) is 28.8. The van der Waals surface area contributed by atoms with E-state index in [1.165, 1.54) is 161 Å². The Labute approximate surface area is 415 Å². The van der Waals surface area contributed by atoms with Crippen LogP contribution >= 0.6 is 0 Å². The molecule has 0 rings (SSSR count). The standard InChI is InChI=1S/C61H108O6/c1-4-7-10-13-16-17-18-19-20-21-22-23-24-25-26-27-28-29-30-31-32-33-34-35-36-37-38-39-40-41-42-43-46-48-51-54-60(63)66-57-58(67-61(64)55-52-49-45-15-12-9-6-3)56-65-59(62)53-50-47-44-14-11-8-5-2/h7,10,16-17,19-20,22-23,25-26,58H,4-6,8-9,11-15,18,21,24,27-57H2,1-3H3/b10-7-,17-16-,20-19-,23-22-,26-25-. The molecule has 0 aromatic heterocycles. The van der Waals surface area contributed by atoms with Gasteiger partial charge in [-0.05, 0) is 64.2 Å². The SMILES string of the molecule is CC/C=C\C/C=C\C/C=C\C/C=C\C/C=C\CCCCCCCCCCCCCCCCCCCCCC(=O)OCC(COC(=O)CCCCCCCCC)OC(=O)CCCCCCCCC. The van der Waals surface area contributed by atoms with E-state index < -0.39 is 6.10 Å². The largest absolute Gasteiger partial charge is 0.462 e. The van der Waals surface area contributed by atoms with Crippen LogP contribution in [0.1, 0.15) is 290 Å². The fourth-order valence-corrected chi connectivity index (χ4v) is 8.24. The summed E-state index contributed by atoms with van der Waals surface area (Å²) in [6, 6.07) is 0. The molecular formula is C61H108O6. The molecule has 0 radical (unpaired) electrons. The van der Waals surface area contributed by atoms with Gasteiger partial charge < -0.3 is 14.2 Å². The van der Waals surface area contributed by atoms with Crippen molar-refractivity contribution in [3.8, 4) is 0 Å². The van der Waals surface area contributed by atoms with Gasteiger partial charge in [-0.3, -0.25) is 14.4 Å². The van der Waals surface area contributed by atoms with Crippen molar-refractivity contribution >= 4 is 17.9 Å². The van der Waals surface area contributed by atoms with E-state index in [2.05, 4.69) is 81.5 Å². The fraction of sp³-hybridized carbons (Fsp3) is 0.787. The van der Waals surface area contributed by atoms with E-state index in [9.17, 15) is 14.4 Å². The third-order valence-electron chi connectivity index (χ3n) is 12.5. The number of carbonyl (C=O) groups is 3. The van der Waals surface area contributed by atoms with Crippen molar-refractivity contribution in [1.29, 1.82) is 0 Å². The van der Waals surface area contributed by atoms with Gasteiger partial charge >= 0.3 is 17.9 Å². The minimum atomic E-state index is -0.762. The normalized spacial score (nSPS) is 12.5. The lowest BCUT2D eigenvalue weighted by molar-refractivity contribution is -0.167. The number of ether oxygens (including phenoxy) is 3. The molecular weight excluding hydrogens is 829 g/mol. The lowest BCUT2D eigenvalue weighted by Gasteiger charge is -2.18. The monoisotopic (exact) mass is 937 g/mol. The summed E-state index contributed by atoms with van der Waals surface area (Å²) in [5.41, 5.74) is 0. The molecule has 1 unspecified atom stereocenters. The first kappa shape index (κ1) is 64.1. The van der Waals surface area contributed by atoms with Gasteiger partial charge in [-0.25, -0.2) is 0 Å². The first-order chi connectivity index (χ1) is 33.0. The van der Waals surface area contributed by atoms with E-state index in [1.807, 2.05) is 0 Å². The van der Waals surface area contributed by atoms with Crippen molar-refractivity contribution in [2.24, 2.45) is 0 Å². The van der Waals surface area contributed by atoms with E-state index in [4.69, 9.17) is 14.2 Å². The molecule has 0 spiro atoms. The zero-order valence-corrected chi connectivity index (χ0v) is 44.4. The molecule has 0 N–H and O–H groups in total. The molecule has 1 atom stereocenters. The maximum absolute atomic E-state index is 12.6. The number of allylic oxidation sites excluding steroid dienone is 10. The summed E-state index contributed by atoms with van der Waals surface area (Å²) in [5.74, 6) is -0.873. The molecule has 0 amide bonds. The molecule has 388 valence electrons. The zero-order valence-electron chi connectivity index (χ0n) is 44.4. The van der Waals surface area contributed by atoms with Crippen LogP contribution in [0.4, 0.5) is 0 Å². The Kier molecular flexibility index (Phi) is 53.3. The Morgan fingerprint density at radius 3 is 0.910 bits per heavy atom. The second-order valence-electron chi connectivity index (χ2n) is 19.2. The maximum atomic E-state index is 12.6. The van der Waals surface area contributed by atoms with Crippen molar-refractivity contribution in [2.75, 3.05) is 13.2 Å². The van der Waals surface area contributed by atoms with Gasteiger partial charge in [-0.15, -0.1) is 0 Å². The van der Waals surface area contributed by atoms with Gasteiger partial charge in [0.05, 0.1) is 0 Å². The number of unbranched alkanes of at least 4 members (excludes halogenated alkanes) is 31. The number of hydrogen-bond donors (Lipinski definition) is 0. The average molecular weight is 938 g/mol. The van der Waals surface area contributed by atoms with E-state index in [-0.39, 0.29) is 31.1 Å². The molecule has 0 aliphatic rings. The molecule has 6 heteroatoms. The summed E-state index contributed by atoms with van der Waals surface area (Å²) >= 11 is 0. The number of esters is 3. The highest BCUT2D eigenvalue weighted by Gasteiger charge is 2.19. The predicted molar refractivity (Wildman–Crippen MR) is 288 cm³/mol. The number of rotatable bonds is 52. The summed E-state index contributed by atoms with van der Waals surface area (Å²) < 4.78 is 16.7. The summed E-state index contributed by atoms with van der Waals surface area (Å²) in [4.78, 5) is 37.6. The van der Waals surface area contributed by atoms with Gasteiger partial charge in [-0.2, -0.15) is 0 Å². The van der Waals surface area contributed by atoms with Gasteiger partial charge in [0.1, 0.15) is 13.2 Å². The van der Waals surface area contributed by atoms with Crippen LogP contribution in [0.3, 0.4) is 0 Å². The Bertz CT molecular complexity index is 1210. The molecule has 0 aromatic rings. The molecule has 67 heavy (non-hydrogen) atoms. The van der Waals surface area contributed by atoms with Crippen molar-refractivity contribution in [3.05, 3.63) is 60.8 Å². The lowest BCUT2D eigenvalue weighted by Crippen LogP contribution is -2.30. The average Bonchev–Trinajstić information content (AvgIpc) is 3.33. The smallest absolute Gasteiger partial charge is 0.306 e. The Morgan fingerprint density at radius 2 is 0.582 bits per heavy atom. The van der Waals surface area contributed by atoms with Crippen molar-refractivity contribution in [2.45, 2.75) is 297 Å². The van der Waals surface area contributed by atoms with E-state index >= 15 is 0 Å². The van der Waals surface area contributed by atoms with Gasteiger partial charge in [0.2, 0.25) is 0 Å². The molecule has 0 aromatic carbocycles. The Morgan fingerprint density at radius 1 is 0.313 bits per heavy atom. The summed E-state index contributed by atoms with van der Waals surface area (Å²) in [6.45, 7) is 6.45. The van der Waals surface area contributed by atoms with Crippen LogP contribution in [-0.4, -0.2) is 37.2 Å². The second kappa shape index (κ2) is 55.7. The first-order valence-electron chi connectivity index (χ1n) is 28.8. The van der Waals surface area contributed by atoms with Crippen molar-refractivity contribution in [3.63, 3.8) is 0 Å². The molecule has 6 nitrogen and oxygen atoms in total. The number of carbonyl (C=O) groups excluding carboxylic acids is 3. The van der Waals surface area contributed by atoms with Crippen LogP contribution in [0.2, 0.25) is 0 Å². The summed E-state index contributed by atoms with van der Waals surface area (Å²) in [7, 11) is 0. The van der Waals surface area contributed by atoms with E-state index in [0.29, 0.717) is 19.3 Å². The highest BCUT2D eigenvalue weighted by Crippen LogP contribution is 2.16. The van der Waals surface area contributed by atoms with Crippen LogP contribution in [0, 0.1) is 0 Å². The summed E-state index contributed by atoms with van der Waals surface area (Å²) in [6.07, 6.45) is 70.0. The van der Waals surface area contributed by atoms with Gasteiger partial charge in [0.25, 0.3) is 0 Å². The molecule has 0 aliphatic carbocycles.